The number of amides is 1. The van der Waals surface area contributed by atoms with Crippen LogP contribution in [-0.4, -0.2) is 40.0 Å². The average Bonchev–Trinajstić information content (AvgIpc) is 3.01. The molecule has 0 bridgehead atoms. The van der Waals surface area contributed by atoms with Crippen LogP contribution in [-0.2, 0) is 0 Å². The molecule has 1 amide bonds. The Labute approximate surface area is 137 Å². The van der Waals surface area contributed by atoms with E-state index in [0.29, 0.717) is 16.4 Å². The summed E-state index contributed by atoms with van der Waals surface area (Å²) in [6.45, 7) is 2.17. The molecule has 2 heterocycles. The van der Waals surface area contributed by atoms with E-state index in [2.05, 4.69) is 14.9 Å². The van der Waals surface area contributed by atoms with Gasteiger partial charge >= 0.3 is 0 Å². The molecule has 1 aromatic heterocycles. The highest BCUT2D eigenvalue weighted by Gasteiger charge is 2.29. The molecule has 3 rings (SSSR count). The summed E-state index contributed by atoms with van der Waals surface area (Å²) in [5.74, 6) is -0.0218. The molecule has 0 spiro atoms. The van der Waals surface area contributed by atoms with Gasteiger partial charge in [-0.25, -0.2) is 0 Å². The molecule has 21 heavy (non-hydrogen) atoms. The number of carbonyl (C=O) groups is 1. The van der Waals surface area contributed by atoms with Gasteiger partial charge in [0.05, 0.1) is 12.2 Å². The van der Waals surface area contributed by atoms with Crippen molar-refractivity contribution in [3.8, 4) is 0 Å². The van der Waals surface area contributed by atoms with Gasteiger partial charge in [0.25, 0.3) is 5.91 Å². The van der Waals surface area contributed by atoms with E-state index in [4.69, 9.17) is 11.6 Å². The van der Waals surface area contributed by atoms with Crippen molar-refractivity contribution in [2.75, 3.05) is 19.6 Å². The van der Waals surface area contributed by atoms with E-state index in [9.17, 15) is 4.79 Å². The maximum atomic E-state index is 12.5. The Bertz CT molecular complexity index is 608. The summed E-state index contributed by atoms with van der Waals surface area (Å²) in [6.07, 6.45) is 1.52. The second kappa shape index (κ2) is 7.17. The smallest absolute Gasteiger partial charge is 0.267 e. The van der Waals surface area contributed by atoms with Gasteiger partial charge in [0, 0.05) is 24.7 Å². The third-order valence-electron chi connectivity index (χ3n) is 3.31. The minimum Gasteiger partial charge on any atom is -0.328 e. The second-order valence-electron chi connectivity index (χ2n) is 4.56. The molecule has 1 N–H and O–H groups in total. The summed E-state index contributed by atoms with van der Waals surface area (Å²) in [7, 11) is 0. The Morgan fingerprint density at radius 1 is 1.48 bits per heavy atom. The average molecular weight is 345 g/mol. The zero-order chi connectivity index (χ0) is 13.9. The van der Waals surface area contributed by atoms with Gasteiger partial charge < -0.3 is 10.2 Å². The van der Waals surface area contributed by atoms with Gasteiger partial charge in [-0.1, -0.05) is 28.2 Å². The molecule has 5 nitrogen and oxygen atoms in total. The molecule has 1 atom stereocenters. The summed E-state index contributed by atoms with van der Waals surface area (Å²) in [5.41, 5.74) is 1.04. The Balaban J connectivity index is 0.00000161. The van der Waals surface area contributed by atoms with E-state index in [1.807, 2.05) is 29.2 Å². The van der Waals surface area contributed by atoms with Crippen molar-refractivity contribution in [3.05, 3.63) is 45.9 Å². The monoisotopic (exact) mass is 344 g/mol. The first-order chi connectivity index (χ1) is 9.75. The summed E-state index contributed by atoms with van der Waals surface area (Å²) >= 11 is 7.18. The number of carbonyl (C=O) groups excluding carboxylic acids is 1. The Morgan fingerprint density at radius 3 is 3.05 bits per heavy atom. The predicted octanol–water partition coefficient (Wildman–Crippen LogP) is 2.40. The highest BCUT2D eigenvalue weighted by atomic mass is 35.5. The topological polar surface area (TPSA) is 58.1 Å². The third kappa shape index (κ3) is 3.52. The number of nitrogens with one attached hydrogen (secondary N) is 1. The number of benzene rings is 1. The van der Waals surface area contributed by atoms with Gasteiger partial charge in [0.1, 0.15) is 4.88 Å². The van der Waals surface area contributed by atoms with Crippen molar-refractivity contribution in [3.63, 3.8) is 0 Å². The number of nitrogens with zero attached hydrogens (tertiary/aromatic N) is 3. The fraction of sp³-hybridized carbons (Fsp3) is 0.308. The molecular formula is C13H14Cl2N4OS. The van der Waals surface area contributed by atoms with E-state index in [-0.39, 0.29) is 24.4 Å². The lowest BCUT2D eigenvalue weighted by atomic mass is 10.0. The van der Waals surface area contributed by atoms with Crippen LogP contribution in [0.4, 0.5) is 0 Å². The zero-order valence-electron chi connectivity index (χ0n) is 11.0. The van der Waals surface area contributed by atoms with Crippen LogP contribution < -0.4 is 5.32 Å². The van der Waals surface area contributed by atoms with Crippen LogP contribution in [0, 0.1) is 0 Å². The number of hydrogen-bond acceptors (Lipinski definition) is 5. The van der Waals surface area contributed by atoms with E-state index < -0.39 is 0 Å². The molecule has 0 saturated carbocycles. The van der Waals surface area contributed by atoms with Crippen LogP contribution in [0.15, 0.2) is 30.5 Å². The Hall–Kier alpha value is -1.21. The molecular weight excluding hydrogens is 331 g/mol. The maximum absolute atomic E-state index is 12.5. The molecule has 0 radical (unpaired) electrons. The first-order valence-corrected chi connectivity index (χ1v) is 7.45. The number of aromatic nitrogens is 2. The van der Waals surface area contributed by atoms with Crippen molar-refractivity contribution in [2.45, 2.75) is 6.04 Å². The van der Waals surface area contributed by atoms with Crippen molar-refractivity contribution in [1.82, 2.24) is 19.8 Å². The minimum absolute atomic E-state index is 0. The van der Waals surface area contributed by atoms with E-state index >= 15 is 0 Å². The zero-order valence-corrected chi connectivity index (χ0v) is 13.4. The number of rotatable bonds is 2. The quantitative estimate of drug-likeness (QED) is 0.908. The molecule has 1 aromatic carbocycles. The predicted molar refractivity (Wildman–Crippen MR) is 85.3 cm³/mol. The second-order valence-corrected chi connectivity index (χ2v) is 5.78. The number of halogens is 2. The molecule has 1 fully saturated rings. The van der Waals surface area contributed by atoms with Crippen LogP contribution in [0.25, 0.3) is 0 Å². The highest BCUT2D eigenvalue weighted by molar-refractivity contribution is 7.07. The van der Waals surface area contributed by atoms with E-state index in [0.717, 1.165) is 30.2 Å². The fourth-order valence-electron chi connectivity index (χ4n) is 2.36. The standard InChI is InChI=1S/C13H13ClN4OS.ClH/c14-10-3-1-2-9(6-10)11-7-15-4-5-18(11)13(19)12-8-16-17-20-12;/h1-3,6,8,11,15H,4-5,7H2;1H. The molecule has 0 aliphatic carbocycles. The van der Waals surface area contributed by atoms with Crippen LogP contribution in [0.1, 0.15) is 21.3 Å². The summed E-state index contributed by atoms with van der Waals surface area (Å²) < 4.78 is 3.76. The van der Waals surface area contributed by atoms with Crippen LogP contribution in [0.3, 0.4) is 0 Å². The molecule has 8 heteroatoms. The summed E-state index contributed by atoms with van der Waals surface area (Å²) in [4.78, 5) is 15.0. The first-order valence-electron chi connectivity index (χ1n) is 6.30. The molecule has 1 unspecified atom stereocenters. The van der Waals surface area contributed by atoms with E-state index in [1.165, 1.54) is 6.20 Å². The maximum Gasteiger partial charge on any atom is 0.267 e. The van der Waals surface area contributed by atoms with Gasteiger partial charge in [-0.15, -0.1) is 17.5 Å². The van der Waals surface area contributed by atoms with Crippen molar-refractivity contribution >= 4 is 41.4 Å². The molecule has 2 aromatic rings. The van der Waals surface area contributed by atoms with Crippen LogP contribution >= 0.6 is 35.5 Å². The van der Waals surface area contributed by atoms with Crippen LogP contribution in [0.2, 0.25) is 5.02 Å². The van der Waals surface area contributed by atoms with Gasteiger partial charge in [0.2, 0.25) is 0 Å². The Kier molecular flexibility index (Phi) is 5.52. The normalized spacial score (nSPS) is 18.1. The van der Waals surface area contributed by atoms with Gasteiger partial charge in [-0.3, -0.25) is 4.79 Å². The fourth-order valence-corrected chi connectivity index (χ4v) is 3.03. The van der Waals surface area contributed by atoms with Gasteiger partial charge in [-0.05, 0) is 29.2 Å². The lowest BCUT2D eigenvalue weighted by Gasteiger charge is -2.36. The first kappa shape index (κ1) is 16.2. The molecule has 112 valence electrons. The highest BCUT2D eigenvalue weighted by Crippen LogP contribution is 2.26. The summed E-state index contributed by atoms with van der Waals surface area (Å²) in [6, 6.07) is 7.63. The van der Waals surface area contributed by atoms with Gasteiger partial charge in [0.15, 0.2) is 0 Å². The lowest BCUT2D eigenvalue weighted by Crippen LogP contribution is -2.48. The van der Waals surface area contributed by atoms with E-state index in [1.54, 1.807) is 0 Å². The molecule has 1 saturated heterocycles. The number of piperazine rings is 1. The van der Waals surface area contributed by atoms with Gasteiger partial charge in [-0.2, -0.15) is 0 Å². The van der Waals surface area contributed by atoms with Crippen molar-refractivity contribution < 1.29 is 4.79 Å². The number of hydrogen-bond donors (Lipinski definition) is 1. The van der Waals surface area contributed by atoms with Crippen LogP contribution in [0.5, 0.6) is 0 Å². The molecule has 1 aliphatic heterocycles. The lowest BCUT2D eigenvalue weighted by molar-refractivity contribution is 0.0639. The largest absolute Gasteiger partial charge is 0.328 e. The Morgan fingerprint density at radius 2 is 2.33 bits per heavy atom. The SMILES string of the molecule is Cl.O=C(c1cnns1)N1CCNCC1c1cccc(Cl)c1. The van der Waals surface area contributed by atoms with Crippen molar-refractivity contribution in [1.29, 1.82) is 0 Å². The third-order valence-corrected chi connectivity index (χ3v) is 4.20. The molecule has 1 aliphatic rings. The summed E-state index contributed by atoms with van der Waals surface area (Å²) in [5, 5.41) is 7.73. The van der Waals surface area contributed by atoms with Crippen molar-refractivity contribution in [2.24, 2.45) is 0 Å². The minimum atomic E-state index is -0.0218.